The molecule has 4 rings (SSSR count). The first-order valence-electron chi connectivity index (χ1n) is 15.8. The Kier molecular flexibility index (Phi) is 15.3. The van der Waals surface area contributed by atoms with Crippen LogP contribution in [0.25, 0.3) is 0 Å². The molecule has 26 heteroatoms. The number of hydrogen-bond donors (Lipinski definition) is 11. The summed E-state index contributed by atoms with van der Waals surface area (Å²) in [7, 11) is -2.94. The van der Waals surface area contributed by atoms with E-state index in [4.69, 9.17) is 24.3 Å². The number of phosphoric acid groups is 1. The standard InChI is InChI=1S/C28H39N6O17PS2/c29-16-4-7-34(27(45)32-16)25-23(42)22(41)15(49-25)12-48-52(46,47)51-28(26(43)44)9-13(36)20(24(50-28)21(40)14(37)11-35)33-18(39)10-31-17(38)5-8-53-54-19-3-1-2-6-30-19/h1-4,6-7,13-15,20-25,35-37,40-42H,5,8-12H2,(H,31,38)(H,33,39)(H,43,44)(H,46,47)(H2,29,32,45)/t13?,14-,15-,20-,21?,22-,23-,24-,25-,28-/m1/s1. The summed E-state index contributed by atoms with van der Waals surface area (Å²) in [5, 5.41) is 77.6. The van der Waals surface area contributed by atoms with E-state index < -0.39 is 118 Å². The van der Waals surface area contributed by atoms with E-state index in [1.54, 1.807) is 24.4 Å². The zero-order chi connectivity index (χ0) is 39.8. The minimum Gasteiger partial charge on any atom is -0.477 e. The number of rotatable bonds is 18. The molecule has 11 atom stereocenters. The number of nitrogens with one attached hydrogen (secondary N) is 2. The number of aliphatic hydroxyl groups is 6. The Labute approximate surface area is 312 Å². The van der Waals surface area contributed by atoms with Crippen LogP contribution in [0.3, 0.4) is 0 Å². The van der Waals surface area contributed by atoms with E-state index in [2.05, 4.69) is 20.6 Å². The number of phosphoric ester groups is 1. The maximum Gasteiger partial charge on any atom is 0.475 e. The molecule has 0 spiro atoms. The van der Waals surface area contributed by atoms with Crippen LogP contribution in [0.15, 0.2) is 46.5 Å². The number of carbonyl (C=O) groups excluding carboxylic acids is 2. The number of hydrogen-bond acceptors (Lipinski definition) is 20. The van der Waals surface area contributed by atoms with Crippen molar-refractivity contribution in [1.29, 1.82) is 0 Å². The first-order valence-corrected chi connectivity index (χ1v) is 19.7. The number of pyridine rings is 1. The van der Waals surface area contributed by atoms with Crippen molar-refractivity contribution in [2.45, 2.75) is 78.7 Å². The second kappa shape index (κ2) is 19.1. The molecule has 0 aromatic carbocycles. The SMILES string of the molecule is Nc1ccn([C@@H]2O[C@H](COP(=O)(O)O[C@@]3(C(=O)O)CC(O)[C@@H](NC(=O)CNC(=O)CCSSc4ccccn4)[C@H](C(O)[C@H](O)CO)O3)[C@@H](O)[C@H]2O)c(=O)n1. The summed E-state index contributed by atoms with van der Waals surface area (Å²) >= 11 is 0. The molecule has 4 heterocycles. The van der Waals surface area contributed by atoms with Crippen LogP contribution in [-0.4, -0.2) is 153 Å². The van der Waals surface area contributed by atoms with E-state index >= 15 is 0 Å². The molecule has 2 aliphatic heterocycles. The van der Waals surface area contributed by atoms with Crippen molar-refractivity contribution in [1.82, 2.24) is 25.2 Å². The van der Waals surface area contributed by atoms with Gasteiger partial charge in [-0.15, -0.1) is 0 Å². The largest absolute Gasteiger partial charge is 0.477 e. The van der Waals surface area contributed by atoms with Crippen LogP contribution in [0.2, 0.25) is 0 Å². The smallest absolute Gasteiger partial charge is 0.475 e. The molecule has 12 N–H and O–H groups in total. The van der Waals surface area contributed by atoms with Crippen molar-refractivity contribution < 1.29 is 78.1 Å². The van der Waals surface area contributed by atoms with Gasteiger partial charge in [-0.1, -0.05) is 16.9 Å². The van der Waals surface area contributed by atoms with Crippen molar-refractivity contribution in [2.24, 2.45) is 0 Å². The molecule has 2 aromatic heterocycles. The number of aromatic nitrogens is 3. The Morgan fingerprint density at radius 3 is 2.56 bits per heavy atom. The summed E-state index contributed by atoms with van der Waals surface area (Å²) in [4.78, 5) is 67.9. The molecular weight excluding hydrogens is 787 g/mol. The number of nitrogens with zero attached hydrogens (tertiary/aromatic N) is 3. The lowest BCUT2D eigenvalue weighted by molar-refractivity contribution is -0.289. The third-order valence-corrected chi connectivity index (χ3v) is 11.2. The van der Waals surface area contributed by atoms with Crippen molar-refractivity contribution in [3.05, 3.63) is 47.1 Å². The number of carbonyl (C=O) groups is 3. The van der Waals surface area contributed by atoms with Crippen LogP contribution in [0.4, 0.5) is 5.82 Å². The van der Waals surface area contributed by atoms with E-state index in [-0.39, 0.29) is 12.2 Å². The van der Waals surface area contributed by atoms with Gasteiger partial charge >= 0.3 is 19.5 Å². The minimum absolute atomic E-state index is 0.00578. The lowest BCUT2D eigenvalue weighted by atomic mass is 9.88. The molecule has 300 valence electrons. The van der Waals surface area contributed by atoms with Crippen LogP contribution in [-0.2, 0) is 37.5 Å². The lowest BCUT2D eigenvalue weighted by Crippen LogP contribution is -2.68. The van der Waals surface area contributed by atoms with Gasteiger partial charge in [-0.2, -0.15) is 4.98 Å². The topological polar surface area (TPSA) is 365 Å². The Morgan fingerprint density at radius 2 is 1.91 bits per heavy atom. The number of nitrogens with two attached hydrogens (primary N) is 1. The zero-order valence-corrected chi connectivity index (χ0v) is 30.4. The van der Waals surface area contributed by atoms with E-state index in [0.29, 0.717) is 5.75 Å². The molecule has 0 saturated carbocycles. The Balaban J connectivity index is 1.39. The van der Waals surface area contributed by atoms with Gasteiger partial charge in [-0.3, -0.25) is 18.7 Å². The molecule has 2 fully saturated rings. The van der Waals surface area contributed by atoms with Crippen molar-refractivity contribution >= 4 is 53.0 Å². The molecule has 3 unspecified atom stereocenters. The highest BCUT2D eigenvalue weighted by Crippen LogP contribution is 2.51. The first-order chi connectivity index (χ1) is 25.5. The van der Waals surface area contributed by atoms with Crippen LogP contribution < -0.4 is 22.1 Å². The number of anilines is 1. The third kappa shape index (κ3) is 11.2. The summed E-state index contributed by atoms with van der Waals surface area (Å²) in [6.07, 6.45) is -13.8. The van der Waals surface area contributed by atoms with Gasteiger partial charge in [0, 0.05) is 31.0 Å². The van der Waals surface area contributed by atoms with Gasteiger partial charge in [0.25, 0.3) is 5.79 Å². The van der Waals surface area contributed by atoms with E-state index in [1.807, 2.05) is 0 Å². The van der Waals surface area contributed by atoms with E-state index in [1.165, 1.54) is 27.7 Å². The van der Waals surface area contributed by atoms with Gasteiger partial charge in [-0.05, 0) is 29.0 Å². The van der Waals surface area contributed by atoms with Gasteiger partial charge in [0.05, 0.1) is 31.9 Å². The Morgan fingerprint density at radius 1 is 1.17 bits per heavy atom. The number of carboxylic acid groups (broad SMARTS) is 1. The average Bonchev–Trinajstić information content (AvgIpc) is 3.41. The quantitative estimate of drug-likeness (QED) is 0.0388. The predicted molar refractivity (Wildman–Crippen MR) is 183 cm³/mol. The zero-order valence-electron chi connectivity index (χ0n) is 27.8. The molecule has 2 aliphatic rings. The molecule has 0 radical (unpaired) electrons. The fourth-order valence-electron chi connectivity index (χ4n) is 5.22. The molecule has 2 saturated heterocycles. The first kappa shape index (κ1) is 43.5. The maximum atomic E-state index is 13.1. The van der Waals surface area contributed by atoms with Crippen molar-refractivity contribution in [3.63, 3.8) is 0 Å². The lowest BCUT2D eigenvalue weighted by Gasteiger charge is -2.46. The number of aliphatic hydroxyl groups excluding tert-OH is 6. The Bertz CT molecular complexity index is 1720. The van der Waals surface area contributed by atoms with Gasteiger partial charge in [-0.25, -0.2) is 23.7 Å². The van der Waals surface area contributed by atoms with Crippen LogP contribution in [0.1, 0.15) is 19.1 Å². The van der Waals surface area contributed by atoms with Gasteiger partial charge < -0.3 is 66.5 Å². The predicted octanol–water partition coefficient (Wildman–Crippen LogP) is -3.95. The minimum atomic E-state index is -5.62. The number of amides is 2. The van der Waals surface area contributed by atoms with Crippen LogP contribution in [0.5, 0.6) is 0 Å². The number of nitrogen functional groups attached to an aromatic ring is 1. The molecule has 2 aromatic rings. The number of ether oxygens (including phenoxy) is 2. The molecule has 0 bridgehead atoms. The van der Waals surface area contributed by atoms with Crippen molar-refractivity contribution in [2.75, 3.05) is 31.2 Å². The summed E-state index contributed by atoms with van der Waals surface area (Å²) in [6, 6.07) is 4.78. The molecule has 54 heavy (non-hydrogen) atoms. The maximum absolute atomic E-state index is 13.1. The normalized spacial score (nSPS) is 29.1. The highest BCUT2D eigenvalue weighted by Gasteiger charge is 2.59. The second-order valence-corrected chi connectivity index (χ2v) is 15.6. The fourth-order valence-corrected chi connectivity index (χ4v) is 8.04. The van der Waals surface area contributed by atoms with Gasteiger partial charge in [0.2, 0.25) is 11.8 Å². The molecule has 2 amide bonds. The third-order valence-electron chi connectivity index (χ3n) is 7.91. The van der Waals surface area contributed by atoms with E-state index in [9.17, 15) is 64.4 Å². The number of carboxylic acids is 1. The van der Waals surface area contributed by atoms with Crippen molar-refractivity contribution in [3.8, 4) is 0 Å². The highest BCUT2D eigenvalue weighted by atomic mass is 33.1. The molecule has 0 aliphatic carbocycles. The number of aliphatic carboxylic acids is 1. The summed E-state index contributed by atoms with van der Waals surface area (Å²) < 4.78 is 34.3. The monoisotopic (exact) mass is 826 g/mol. The van der Waals surface area contributed by atoms with E-state index in [0.717, 1.165) is 15.8 Å². The summed E-state index contributed by atoms with van der Waals surface area (Å²) in [5.74, 6) is -6.75. The van der Waals surface area contributed by atoms with Gasteiger partial charge in [0.15, 0.2) is 6.23 Å². The summed E-state index contributed by atoms with van der Waals surface area (Å²) in [6.45, 7) is -2.83. The fraction of sp³-hybridized carbons (Fsp3) is 0.571. The molecular formula is C28H39N6O17PS2. The Hall–Kier alpha value is -3.27. The van der Waals surface area contributed by atoms with Crippen LogP contribution in [0, 0.1) is 0 Å². The second-order valence-electron chi connectivity index (χ2n) is 11.8. The van der Waals surface area contributed by atoms with Crippen LogP contribution >= 0.6 is 29.4 Å². The molecule has 23 nitrogen and oxygen atoms in total. The van der Waals surface area contributed by atoms with Gasteiger partial charge in [0.1, 0.15) is 47.5 Å². The summed E-state index contributed by atoms with van der Waals surface area (Å²) in [5.41, 5.74) is 4.48. The highest BCUT2D eigenvalue weighted by molar-refractivity contribution is 8.76. The average molecular weight is 827 g/mol.